The largest absolute Gasteiger partial charge is 0.395 e. The maximum Gasteiger partial charge on any atom is 0.295 e. The fraction of sp³-hybridized carbons (Fsp3) is 0.250. The first kappa shape index (κ1) is 19.6. The number of halogens is 1. The first-order valence-electron chi connectivity index (χ1n) is 7.65. The first-order chi connectivity index (χ1) is 12.5. The number of nitroso groups, excluding NO2 is 1. The lowest BCUT2D eigenvalue weighted by Crippen LogP contribution is -2.29. The summed E-state index contributed by atoms with van der Waals surface area (Å²) >= 11 is 5.90. The summed E-state index contributed by atoms with van der Waals surface area (Å²) in [6.07, 6.45) is 0. The van der Waals surface area contributed by atoms with E-state index in [-0.39, 0.29) is 35.3 Å². The van der Waals surface area contributed by atoms with E-state index < -0.39 is 4.92 Å². The van der Waals surface area contributed by atoms with Crippen LogP contribution in [0.5, 0.6) is 0 Å². The molecule has 0 saturated carbocycles. The number of nitro benzene ring substituents is 1. The van der Waals surface area contributed by atoms with Gasteiger partial charge in [0.05, 0.1) is 23.2 Å². The van der Waals surface area contributed by atoms with Gasteiger partial charge in [-0.2, -0.15) is 0 Å². The van der Waals surface area contributed by atoms with Gasteiger partial charge in [-0.05, 0) is 35.5 Å². The van der Waals surface area contributed by atoms with Crippen molar-refractivity contribution in [3.05, 3.63) is 56.4 Å². The molecule has 2 aromatic rings. The van der Waals surface area contributed by atoms with Crippen LogP contribution in [0.25, 0.3) is 0 Å². The Morgan fingerprint density at radius 2 is 1.77 bits per heavy atom. The molecule has 138 valence electrons. The van der Waals surface area contributed by atoms with Crippen LogP contribution in [0.15, 0.2) is 41.6 Å². The Labute approximate surface area is 153 Å². The molecule has 0 aliphatic heterocycles. The molecule has 0 fully saturated rings. The number of benzene rings is 2. The van der Waals surface area contributed by atoms with Gasteiger partial charge in [0, 0.05) is 30.5 Å². The molecule has 2 aromatic carbocycles. The van der Waals surface area contributed by atoms with Gasteiger partial charge < -0.3 is 20.4 Å². The molecule has 9 nitrogen and oxygen atoms in total. The Hall–Kier alpha value is -2.75. The minimum absolute atomic E-state index is 0.00165. The average molecular weight is 381 g/mol. The summed E-state index contributed by atoms with van der Waals surface area (Å²) in [4.78, 5) is 23.0. The predicted molar refractivity (Wildman–Crippen MR) is 99.7 cm³/mol. The number of hydrogen-bond donors (Lipinski definition) is 3. The smallest absolute Gasteiger partial charge is 0.295 e. The second kappa shape index (κ2) is 9.09. The molecule has 0 atom stereocenters. The summed E-state index contributed by atoms with van der Waals surface area (Å²) in [7, 11) is 0. The van der Waals surface area contributed by atoms with Gasteiger partial charge in [0.2, 0.25) is 0 Å². The standard InChI is InChI=1S/C16H17ClN4O5/c17-13-9-15(16(21(25)26)10-14(13)19-24)18-11-1-3-12(4-2-11)20(5-7-22)6-8-23/h1-4,9-10,18,22-23H,5-8H2. The summed E-state index contributed by atoms with van der Waals surface area (Å²) in [6.45, 7) is 0.632. The highest BCUT2D eigenvalue weighted by atomic mass is 35.5. The van der Waals surface area contributed by atoms with Crippen molar-refractivity contribution in [1.82, 2.24) is 0 Å². The Balaban J connectivity index is 2.27. The summed E-state index contributed by atoms with van der Waals surface area (Å²) < 4.78 is 0. The number of hydrogen-bond acceptors (Lipinski definition) is 8. The van der Waals surface area contributed by atoms with Gasteiger partial charge in [-0.1, -0.05) is 11.6 Å². The zero-order valence-electron chi connectivity index (χ0n) is 13.6. The third-order valence-electron chi connectivity index (χ3n) is 3.61. The van der Waals surface area contributed by atoms with Gasteiger partial charge in [-0.3, -0.25) is 10.1 Å². The van der Waals surface area contributed by atoms with Crippen molar-refractivity contribution in [2.24, 2.45) is 5.18 Å². The normalized spacial score (nSPS) is 10.4. The highest BCUT2D eigenvalue weighted by molar-refractivity contribution is 6.33. The molecule has 0 spiro atoms. The highest BCUT2D eigenvalue weighted by Gasteiger charge is 2.18. The number of aliphatic hydroxyl groups excluding tert-OH is 2. The highest BCUT2D eigenvalue weighted by Crippen LogP contribution is 2.37. The Bertz CT molecular complexity index is 779. The van der Waals surface area contributed by atoms with E-state index in [0.29, 0.717) is 18.8 Å². The molecule has 26 heavy (non-hydrogen) atoms. The molecule has 0 aliphatic carbocycles. The lowest BCUT2D eigenvalue weighted by molar-refractivity contribution is -0.383. The lowest BCUT2D eigenvalue weighted by Gasteiger charge is -2.23. The van der Waals surface area contributed by atoms with E-state index in [1.807, 2.05) is 0 Å². The molecule has 10 heteroatoms. The van der Waals surface area contributed by atoms with E-state index in [2.05, 4.69) is 10.5 Å². The third-order valence-corrected chi connectivity index (χ3v) is 3.91. The van der Waals surface area contributed by atoms with Gasteiger partial charge in [-0.25, -0.2) is 0 Å². The average Bonchev–Trinajstić information content (AvgIpc) is 2.62. The fourth-order valence-corrected chi connectivity index (χ4v) is 2.59. The summed E-state index contributed by atoms with van der Waals surface area (Å²) in [5, 5.41) is 34.9. The molecule has 0 saturated heterocycles. The maximum atomic E-state index is 11.2. The molecule has 0 bridgehead atoms. The Kier molecular flexibility index (Phi) is 6.84. The van der Waals surface area contributed by atoms with Gasteiger partial charge >= 0.3 is 0 Å². The van der Waals surface area contributed by atoms with Crippen molar-refractivity contribution in [1.29, 1.82) is 0 Å². The molecule has 0 aromatic heterocycles. The van der Waals surface area contributed by atoms with Crippen LogP contribution in [0.1, 0.15) is 0 Å². The van der Waals surface area contributed by atoms with E-state index in [0.717, 1.165) is 11.8 Å². The van der Waals surface area contributed by atoms with E-state index in [9.17, 15) is 15.0 Å². The number of nitrogens with zero attached hydrogens (tertiary/aromatic N) is 3. The minimum atomic E-state index is -0.633. The van der Waals surface area contributed by atoms with Crippen LogP contribution >= 0.6 is 11.6 Å². The van der Waals surface area contributed by atoms with Crippen molar-refractivity contribution >= 4 is 40.0 Å². The van der Waals surface area contributed by atoms with Crippen molar-refractivity contribution in [3.8, 4) is 0 Å². The number of rotatable bonds is 9. The molecule has 0 radical (unpaired) electrons. The van der Waals surface area contributed by atoms with E-state index >= 15 is 0 Å². The van der Waals surface area contributed by atoms with Gasteiger partial charge in [0.25, 0.3) is 5.69 Å². The summed E-state index contributed by atoms with van der Waals surface area (Å²) in [6, 6.07) is 9.18. The molecule has 0 amide bonds. The lowest BCUT2D eigenvalue weighted by atomic mass is 10.2. The summed E-state index contributed by atoms with van der Waals surface area (Å²) in [5.41, 5.74) is 0.945. The molecule has 0 heterocycles. The van der Waals surface area contributed by atoms with Crippen LogP contribution in [0.3, 0.4) is 0 Å². The topological polar surface area (TPSA) is 128 Å². The number of nitro groups is 1. The van der Waals surface area contributed by atoms with E-state index in [1.54, 1.807) is 29.2 Å². The Morgan fingerprint density at radius 1 is 1.15 bits per heavy atom. The van der Waals surface area contributed by atoms with Crippen LogP contribution < -0.4 is 10.2 Å². The van der Waals surface area contributed by atoms with Crippen LogP contribution in [0, 0.1) is 15.0 Å². The molecule has 0 aliphatic rings. The van der Waals surface area contributed by atoms with Gasteiger partial charge in [-0.15, -0.1) is 4.91 Å². The second-order valence-corrected chi connectivity index (χ2v) is 5.68. The molecule has 0 unspecified atom stereocenters. The Morgan fingerprint density at radius 3 is 2.27 bits per heavy atom. The van der Waals surface area contributed by atoms with E-state index in [4.69, 9.17) is 21.8 Å². The number of anilines is 3. The SMILES string of the molecule is O=Nc1cc([N+](=O)[O-])c(Nc2ccc(N(CCO)CCO)cc2)cc1Cl. The van der Waals surface area contributed by atoms with E-state index in [1.165, 1.54) is 6.07 Å². The number of nitrogens with one attached hydrogen (secondary N) is 1. The molecule has 3 N–H and O–H groups in total. The van der Waals surface area contributed by atoms with Crippen molar-refractivity contribution in [2.45, 2.75) is 0 Å². The quantitative estimate of drug-likeness (QED) is 0.346. The minimum Gasteiger partial charge on any atom is -0.395 e. The molecular formula is C16H17ClN4O5. The monoisotopic (exact) mass is 380 g/mol. The van der Waals surface area contributed by atoms with Gasteiger partial charge in [0.15, 0.2) is 0 Å². The van der Waals surface area contributed by atoms with Crippen LogP contribution in [0.2, 0.25) is 5.02 Å². The maximum absolute atomic E-state index is 11.2. The first-order valence-corrected chi connectivity index (χ1v) is 8.03. The fourth-order valence-electron chi connectivity index (χ4n) is 2.39. The predicted octanol–water partition coefficient (Wildman–Crippen LogP) is 3.18. The van der Waals surface area contributed by atoms with Crippen LogP contribution in [-0.2, 0) is 0 Å². The van der Waals surface area contributed by atoms with Crippen molar-refractivity contribution < 1.29 is 15.1 Å². The third kappa shape index (κ3) is 4.66. The second-order valence-electron chi connectivity index (χ2n) is 5.28. The summed E-state index contributed by atoms with van der Waals surface area (Å²) in [5.74, 6) is 0. The van der Waals surface area contributed by atoms with Crippen LogP contribution in [-0.4, -0.2) is 41.4 Å². The zero-order valence-corrected chi connectivity index (χ0v) is 14.4. The van der Waals surface area contributed by atoms with Crippen molar-refractivity contribution in [3.63, 3.8) is 0 Å². The van der Waals surface area contributed by atoms with Crippen LogP contribution in [0.4, 0.5) is 28.4 Å². The molecule has 2 rings (SSSR count). The molecular weight excluding hydrogens is 364 g/mol. The van der Waals surface area contributed by atoms with Gasteiger partial charge in [0.1, 0.15) is 11.4 Å². The number of aliphatic hydroxyl groups is 2. The zero-order chi connectivity index (χ0) is 19.1. The van der Waals surface area contributed by atoms with Crippen molar-refractivity contribution in [2.75, 3.05) is 36.5 Å².